The number of sulfone groups is 1. The van der Waals surface area contributed by atoms with Crippen molar-refractivity contribution in [3.8, 4) is 11.3 Å². The van der Waals surface area contributed by atoms with Gasteiger partial charge in [-0.3, -0.25) is 4.79 Å². The molecule has 0 spiro atoms. The third kappa shape index (κ3) is 5.12. The smallest absolute Gasteiger partial charge is 0.251 e. The molecule has 0 saturated heterocycles. The second kappa shape index (κ2) is 9.30. The van der Waals surface area contributed by atoms with E-state index in [4.69, 9.17) is 4.98 Å². The first-order valence-electron chi connectivity index (χ1n) is 10.9. The van der Waals surface area contributed by atoms with E-state index in [-0.39, 0.29) is 22.9 Å². The first-order chi connectivity index (χ1) is 16.1. The van der Waals surface area contributed by atoms with Crippen LogP contribution in [-0.2, 0) is 16.4 Å². The predicted octanol–water partition coefficient (Wildman–Crippen LogP) is 4.46. The fourth-order valence-electron chi connectivity index (χ4n) is 3.68. The third-order valence-corrected chi connectivity index (χ3v) is 6.86. The Bertz CT molecular complexity index is 1500. The van der Waals surface area contributed by atoms with Crippen molar-refractivity contribution in [3.63, 3.8) is 0 Å². The molecule has 4 rings (SSSR count). The number of nitrogens with one attached hydrogen (secondary N) is 1. The van der Waals surface area contributed by atoms with Gasteiger partial charge in [-0.1, -0.05) is 38.1 Å². The Morgan fingerprint density at radius 3 is 2.50 bits per heavy atom. The molecule has 0 atom stereocenters. The molecule has 2 aromatic heterocycles. The van der Waals surface area contributed by atoms with E-state index in [1.807, 2.05) is 24.3 Å². The molecule has 0 aliphatic carbocycles. The van der Waals surface area contributed by atoms with Crippen molar-refractivity contribution in [1.82, 2.24) is 20.5 Å². The lowest BCUT2D eigenvalue weighted by molar-refractivity contribution is 0.0950. The lowest BCUT2D eigenvalue weighted by atomic mass is 9.99. The third-order valence-electron chi connectivity index (χ3n) is 5.62. The molecule has 0 radical (unpaired) electrons. The number of carbonyl (C=O) groups excluding carboxylic acids is 1. The molecule has 34 heavy (non-hydrogen) atoms. The number of pyridine rings is 1. The Labute approximate surface area is 199 Å². The van der Waals surface area contributed by atoms with E-state index in [1.54, 1.807) is 25.1 Å². The number of benzene rings is 2. The summed E-state index contributed by atoms with van der Waals surface area (Å²) in [5.74, 6) is 0.0301. The highest BCUT2D eigenvalue weighted by Crippen LogP contribution is 2.24. The molecule has 1 N–H and O–H groups in total. The second-order valence-electron chi connectivity index (χ2n) is 8.65. The van der Waals surface area contributed by atoms with Crippen molar-refractivity contribution in [1.29, 1.82) is 0 Å². The quantitative estimate of drug-likeness (QED) is 0.443. The summed E-state index contributed by atoms with van der Waals surface area (Å²) in [6.45, 7) is 6.14. The van der Waals surface area contributed by atoms with E-state index in [9.17, 15) is 13.2 Å². The highest BCUT2D eigenvalue weighted by Gasteiger charge is 2.15. The van der Waals surface area contributed by atoms with Crippen LogP contribution >= 0.6 is 0 Å². The minimum Gasteiger partial charge on any atom is -0.346 e. The Morgan fingerprint density at radius 1 is 0.971 bits per heavy atom. The maximum absolute atomic E-state index is 12.6. The van der Waals surface area contributed by atoms with E-state index < -0.39 is 9.84 Å². The van der Waals surface area contributed by atoms with E-state index in [0.717, 1.165) is 17.5 Å². The first kappa shape index (κ1) is 23.5. The molecule has 0 bridgehead atoms. The summed E-state index contributed by atoms with van der Waals surface area (Å²) in [5.41, 5.74) is 5.87. The molecule has 174 valence electrons. The molecule has 0 saturated carbocycles. The number of hydrogen-bond acceptors (Lipinski definition) is 6. The van der Waals surface area contributed by atoms with E-state index >= 15 is 0 Å². The van der Waals surface area contributed by atoms with Gasteiger partial charge in [-0.25, -0.2) is 13.4 Å². The number of aromatic nitrogens is 3. The van der Waals surface area contributed by atoms with Crippen molar-refractivity contribution in [2.24, 2.45) is 0 Å². The van der Waals surface area contributed by atoms with Gasteiger partial charge in [0, 0.05) is 17.4 Å². The Kier molecular flexibility index (Phi) is 6.43. The maximum Gasteiger partial charge on any atom is 0.251 e. The van der Waals surface area contributed by atoms with Crippen LogP contribution in [0.15, 0.2) is 65.6 Å². The van der Waals surface area contributed by atoms with Crippen LogP contribution in [0.25, 0.3) is 22.3 Å². The molecule has 0 aliphatic heterocycles. The van der Waals surface area contributed by atoms with E-state index in [0.29, 0.717) is 28.2 Å². The van der Waals surface area contributed by atoms with Crippen LogP contribution in [0.5, 0.6) is 0 Å². The van der Waals surface area contributed by atoms with Crippen LogP contribution in [0.4, 0.5) is 0 Å². The molecular weight excluding hydrogens is 448 g/mol. The van der Waals surface area contributed by atoms with Crippen LogP contribution < -0.4 is 5.32 Å². The van der Waals surface area contributed by atoms with Gasteiger partial charge in [0.15, 0.2) is 9.84 Å². The molecule has 8 heteroatoms. The largest absolute Gasteiger partial charge is 0.346 e. The first-order valence-corrected chi connectivity index (χ1v) is 12.8. The van der Waals surface area contributed by atoms with Crippen LogP contribution in [-0.4, -0.2) is 35.8 Å². The highest BCUT2D eigenvalue weighted by atomic mass is 32.2. The van der Waals surface area contributed by atoms with Crippen LogP contribution in [0.2, 0.25) is 0 Å². The average molecular weight is 475 g/mol. The lowest BCUT2D eigenvalue weighted by Gasteiger charge is -2.09. The minimum atomic E-state index is -3.43. The molecule has 0 fully saturated rings. The predicted molar refractivity (Wildman–Crippen MR) is 132 cm³/mol. The number of nitrogens with zero attached hydrogens (tertiary/aromatic N) is 3. The van der Waals surface area contributed by atoms with Gasteiger partial charge in [0.2, 0.25) is 0 Å². The Hall–Kier alpha value is -3.65. The SMILES string of the molecule is Cc1ccc(C(=O)NCc2cc3nc(-c4cccc(C(C)C)c4)ccc3nn2)cc1S(C)(=O)=O. The number of amides is 1. The summed E-state index contributed by atoms with van der Waals surface area (Å²) in [7, 11) is -3.43. The van der Waals surface area contributed by atoms with Crippen LogP contribution in [0, 0.1) is 6.92 Å². The van der Waals surface area contributed by atoms with Gasteiger partial charge in [-0.15, -0.1) is 5.10 Å². The molecule has 2 heterocycles. The van der Waals surface area contributed by atoms with Crippen molar-refractivity contribution in [2.45, 2.75) is 38.1 Å². The second-order valence-corrected chi connectivity index (χ2v) is 10.6. The number of rotatable bonds is 6. The van der Waals surface area contributed by atoms with Crippen LogP contribution in [0.3, 0.4) is 0 Å². The van der Waals surface area contributed by atoms with Gasteiger partial charge in [0.1, 0.15) is 5.52 Å². The highest BCUT2D eigenvalue weighted by molar-refractivity contribution is 7.90. The van der Waals surface area contributed by atoms with Crippen molar-refractivity contribution < 1.29 is 13.2 Å². The summed E-state index contributed by atoms with van der Waals surface area (Å²) < 4.78 is 23.9. The number of hydrogen-bond donors (Lipinski definition) is 1. The summed E-state index contributed by atoms with van der Waals surface area (Å²) in [4.78, 5) is 17.5. The number of aryl methyl sites for hydroxylation is 1. The van der Waals surface area contributed by atoms with E-state index in [2.05, 4.69) is 41.5 Å². The van der Waals surface area contributed by atoms with Gasteiger partial charge in [0.25, 0.3) is 5.91 Å². The maximum atomic E-state index is 12.6. The summed E-state index contributed by atoms with van der Waals surface area (Å²) in [6, 6.07) is 18.5. The fraction of sp³-hybridized carbons (Fsp3) is 0.231. The van der Waals surface area contributed by atoms with Gasteiger partial charge in [-0.2, -0.15) is 5.10 Å². The molecule has 4 aromatic rings. The zero-order chi connectivity index (χ0) is 24.5. The standard InChI is InChI=1S/C26H26N4O3S/c1-16(2)18-6-5-7-19(12-18)22-10-11-23-24(28-22)14-21(29-30-23)15-27-26(31)20-9-8-17(3)25(13-20)34(4,32)33/h5-14,16H,15H2,1-4H3,(H,27,31). The minimum absolute atomic E-state index is 0.138. The van der Waals surface area contributed by atoms with E-state index in [1.165, 1.54) is 11.6 Å². The normalized spacial score (nSPS) is 11.7. The zero-order valence-electron chi connectivity index (χ0n) is 19.5. The van der Waals surface area contributed by atoms with Crippen molar-refractivity contribution in [2.75, 3.05) is 6.26 Å². The average Bonchev–Trinajstić information content (AvgIpc) is 2.81. The summed E-state index contributed by atoms with van der Waals surface area (Å²) in [5, 5.41) is 11.2. The van der Waals surface area contributed by atoms with Gasteiger partial charge >= 0.3 is 0 Å². The number of carbonyl (C=O) groups is 1. The molecule has 2 aromatic carbocycles. The zero-order valence-corrected chi connectivity index (χ0v) is 20.3. The monoisotopic (exact) mass is 474 g/mol. The van der Waals surface area contributed by atoms with Crippen molar-refractivity contribution in [3.05, 3.63) is 83.0 Å². The summed E-state index contributed by atoms with van der Waals surface area (Å²) >= 11 is 0. The van der Waals surface area contributed by atoms with Crippen LogP contribution in [0.1, 0.15) is 46.9 Å². The topological polar surface area (TPSA) is 102 Å². The molecular formula is C26H26N4O3S. The van der Waals surface area contributed by atoms with Gasteiger partial charge in [-0.05, 0) is 60.4 Å². The molecule has 0 aliphatic rings. The van der Waals surface area contributed by atoms with Crippen molar-refractivity contribution >= 4 is 26.8 Å². The molecule has 1 amide bonds. The number of fused-ring (bicyclic) bond motifs is 1. The fourth-order valence-corrected chi connectivity index (χ4v) is 4.68. The Morgan fingerprint density at radius 2 is 1.76 bits per heavy atom. The van der Waals surface area contributed by atoms with Gasteiger partial charge in [0.05, 0.1) is 28.3 Å². The Balaban J connectivity index is 1.55. The van der Waals surface area contributed by atoms with Gasteiger partial charge < -0.3 is 5.32 Å². The molecule has 7 nitrogen and oxygen atoms in total. The lowest BCUT2D eigenvalue weighted by Crippen LogP contribution is -2.24. The molecule has 0 unspecified atom stereocenters. The summed E-state index contributed by atoms with van der Waals surface area (Å²) in [6.07, 6.45) is 1.13.